The molecule has 2 aromatic carbocycles. The van der Waals surface area contributed by atoms with Crippen LogP contribution < -0.4 is 5.32 Å². The van der Waals surface area contributed by atoms with Crippen molar-refractivity contribution in [2.45, 2.75) is 6.54 Å². The number of benzene rings is 2. The van der Waals surface area contributed by atoms with E-state index in [4.69, 9.17) is 4.42 Å². The third kappa shape index (κ3) is 3.48. The lowest BCUT2D eigenvalue weighted by atomic mass is 10.2. The molecule has 1 aromatic heterocycles. The van der Waals surface area contributed by atoms with Crippen molar-refractivity contribution < 1.29 is 22.4 Å². The Bertz CT molecular complexity index is 872. The summed E-state index contributed by atoms with van der Waals surface area (Å²) < 4.78 is 44.8. The maximum atomic E-state index is 13.5. The minimum absolute atomic E-state index is 0.0385. The van der Waals surface area contributed by atoms with Crippen LogP contribution in [0.3, 0.4) is 0 Å². The molecule has 122 valence electrons. The molecule has 0 aliphatic carbocycles. The van der Waals surface area contributed by atoms with Gasteiger partial charge in [-0.25, -0.2) is 13.2 Å². The van der Waals surface area contributed by atoms with Crippen molar-refractivity contribution in [3.05, 3.63) is 83.4 Å². The van der Waals surface area contributed by atoms with E-state index in [1.807, 2.05) is 0 Å². The van der Waals surface area contributed by atoms with Gasteiger partial charge in [0.1, 0.15) is 29.0 Å². The summed E-state index contributed by atoms with van der Waals surface area (Å²) in [6, 6.07) is 11.9. The molecule has 0 radical (unpaired) electrons. The Hall–Kier alpha value is -3.02. The Balaban J connectivity index is 1.67. The lowest BCUT2D eigenvalue weighted by molar-refractivity contribution is 0.0944. The normalized spacial score (nSPS) is 10.6. The molecular weight excluding hydrogens is 319 g/mol. The fraction of sp³-hybridized carbons (Fsp3) is 0.0556. The van der Waals surface area contributed by atoms with Gasteiger partial charge in [0.2, 0.25) is 0 Å². The molecule has 3 rings (SSSR count). The van der Waals surface area contributed by atoms with Gasteiger partial charge in [-0.15, -0.1) is 0 Å². The number of rotatable bonds is 4. The smallest absolute Gasteiger partial charge is 0.254 e. The molecule has 24 heavy (non-hydrogen) atoms. The first kappa shape index (κ1) is 15.9. The zero-order valence-electron chi connectivity index (χ0n) is 12.4. The van der Waals surface area contributed by atoms with Crippen molar-refractivity contribution in [3.8, 4) is 11.3 Å². The Kier molecular flexibility index (Phi) is 4.37. The highest BCUT2D eigenvalue weighted by Gasteiger charge is 2.13. The van der Waals surface area contributed by atoms with Gasteiger partial charge in [0.15, 0.2) is 0 Å². The second-order valence-corrected chi connectivity index (χ2v) is 5.08. The molecule has 0 saturated heterocycles. The largest absolute Gasteiger partial charge is 0.459 e. The first-order valence-electron chi connectivity index (χ1n) is 7.11. The van der Waals surface area contributed by atoms with Crippen molar-refractivity contribution >= 4 is 5.91 Å². The lowest BCUT2D eigenvalue weighted by Gasteiger charge is -2.04. The highest BCUT2D eigenvalue weighted by Crippen LogP contribution is 2.22. The Labute approximate surface area is 135 Å². The van der Waals surface area contributed by atoms with E-state index < -0.39 is 17.5 Å². The van der Waals surface area contributed by atoms with Crippen molar-refractivity contribution in [2.75, 3.05) is 0 Å². The van der Waals surface area contributed by atoms with Crippen molar-refractivity contribution in [1.82, 2.24) is 5.32 Å². The highest BCUT2D eigenvalue weighted by atomic mass is 19.1. The highest BCUT2D eigenvalue weighted by molar-refractivity contribution is 5.94. The van der Waals surface area contributed by atoms with E-state index in [1.165, 1.54) is 12.1 Å². The van der Waals surface area contributed by atoms with Gasteiger partial charge < -0.3 is 9.73 Å². The number of halogens is 3. The third-order valence-corrected chi connectivity index (χ3v) is 3.39. The molecule has 0 spiro atoms. The summed E-state index contributed by atoms with van der Waals surface area (Å²) >= 11 is 0. The van der Waals surface area contributed by atoms with Crippen LogP contribution in [0.25, 0.3) is 11.3 Å². The molecule has 0 bridgehead atoms. The number of carbonyl (C=O) groups excluding carboxylic acids is 1. The van der Waals surface area contributed by atoms with Crippen LogP contribution in [-0.4, -0.2) is 5.91 Å². The second-order valence-electron chi connectivity index (χ2n) is 5.08. The van der Waals surface area contributed by atoms with Crippen LogP contribution in [0, 0.1) is 17.5 Å². The summed E-state index contributed by atoms with van der Waals surface area (Å²) in [5, 5.41) is 2.49. The van der Waals surface area contributed by atoms with E-state index >= 15 is 0 Å². The Morgan fingerprint density at radius 2 is 1.62 bits per heavy atom. The third-order valence-electron chi connectivity index (χ3n) is 3.39. The number of carbonyl (C=O) groups is 1. The van der Waals surface area contributed by atoms with Crippen molar-refractivity contribution in [2.24, 2.45) is 0 Å². The van der Waals surface area contributed by atoms with E-state index in [-0.39, 0.29) is 17.9 Å². The van der Waals surface area contributed by atoms with E-state index in [2.05, 4.69) is 5.32 Å². The van der Waals surface area contributed by atoms with E-state index in [0.29, 0.717) is 23.2 Å². The number of amides is 1. The molecule has 0 unspecified atom stereocenters. The van der Waals surface area contributed by atoms with E-state index in [9.17, 15) is 18.0 Å². The summed E-state index contributed by atoms with van der Waals surface area (Å²) in [4.78, 5) is 11.9. The first-order valence-corrected chi connectivity index (χ1v) is 7.11. The summed E-state index contributed by atoms with van der Waals surface area (Å²) in [5.74, 6) is -1.73. The minimum Gasteiger partial charge on any atom is -0.459 e. The summed E-state index contributed by atoms with van der Waals surface area (Å²) in [6.45, 7) is 0.0385. The average Bonchev–Trinajstić information content (AvgIpc) is 3.02. The molecule has 0 saturated carbocycles. The van der Waals surface area contributed by atoms with Crippen LogP contribution >= 0.6 is 0 Å². The molecule has 0 fully saturated rings. The van der Waals surface area contributed by atoms with Gasteiger partial charge in [-0.05, 0) is 48.5 Å². The van der Waals surface area contributed by atoms with Gasteiger partial charge >= 0.3 is 0 Å². The maximum absolute atomic E-state index is 13.5. The summed E-state index contributed by atoms with van der Waals surface area (Å²) in [7, 11) is 0. The second kappa shape index (κ2) is 6.62. The average molecular weight is 331 g/mol. The van der Waals surface area contributed by atoms with Gasteiger partial charge in [0, 0.05) is 11.6 Å². The minimum atomic E-state index is -0.932. The lowest BCUT2D eigenvalue weighted by Crippen LogP contribution is -2.23. The number of hydrogen-bond donors (Lipinski definition) is 1. The molecular formula is C18H12F3NO2. The van der Waals surface area contributed by atoms with Crippen LogP contribution in [0.15, 0.2) is 59.0 Å². The van der Waals surface area contributed by atoms with Crippen LogP contribution in [0.1, 0.15) is 16.1 Å². The number of hydrogen-bond acceptors (Lipinski definition) is 2. The zero-order valence-corrected chi connectivity index (χ0v) is 12.4. The molecule has 3 aromatic rings. The fourth-order valence-corrected chi connectivity index (χ4v) is 2.18. The fourth-order valence-electron chi connectivity index (χ4n) is 2.18. The van der Waals surface area contributed by atoms with Gasteiger partial charge in [0.25, 0.3) is 5.91 Å². The molecule has 0 aliphatic heterocycles. The van der Waals surface area contributed by atoms with Crippen LogP contribution in [0.2, 0.25) is 0 Å². The summed E-state index contributed by atoms with van der Waals surface area (Å²) in [5.41, 5.74) is 0.445. The molecule has 0 aliphatic rings. The van der Waals surface area contributed by atoms with Crippen LogP contribution in [0.5, 0.6) is 0 Å². The maximum Gasteiger partial charge on any atom is 0.254 e. The van der Waals surface area contributed by atoms with E-state index in [1.54, 1.807) is 24.3 Å². The van der Waals surface area contributed by atoms with Crippen molar-refractivity contribution in [3.63, 3.8) is 0 Å². The molecule has 6 heteroatoms. The van der Waals surface area contributed by atoms with Gasteiger partial charge in [-0.3, -0.25) is 4.79 Å². The number of furan rings is 1. The predicted molar refractivity (Wildman–Crippen MR) is 81.6 cm³/mol. The van der Waals surface area contributed by atoms with E-state index in [0.717, 1.165) is 12.1 Å². The van der Waals surface area contributed by atoms with Gasteiger partial charge in [0.05, 0.1) is 12.1 Å². The first-order chi connectivity index (χ1) is 11.5. The number of nitrogens with one attached hydrogen (secondary N) is 1. The Morgan fingerprint density at radius 3 is 2.33 bits per heavy atom. The molecule has 3 nitrogen and oxygen atoms in total. The quantitative estimate of drug-likeness (QED) is 0.775. The molecule has 1 heterocycles. The van der Waals surface area contributed by atoms with Gasteiger partial charge in [-0.1, -0.05) is 0 Å². The predicted octanol–water partition coefficient (Wildman–Crippen LogP) is 4.29. The summed E-state index contributed by atoms with van der Waals surface area (Å²) in [6.07, 6.45) is 0. The molecule has 1 amide bonds. The molecule has 0 atom stereocenters. The van der Waals surface area contributed by atoms with Crippen molar-refractivity contribution in [1.29, 1.82) is 0 Å². The zero-order chi connectivity index (χ0) is 17.1. The van der Waals surface area contributed by atoms with Crippen LogP contribution in [-0.2, 0) is 6.54 Å². The monoisotopic (exact) mass is 331 g/mol. The topological polar surface area (TPSA) is 42.2 Å². The van der Waals surface area contributed by atoms with Gasteiger partial charge in [-0.2, -0.15) is 0 Å². The molecule has 1 N–H and O–H groups in total. The SMILES string of the molecule is O=C(NCc1ccc(-c2ccc(F)cc2)o1)c1ccc(F)cc1F. The standard InChI is InChI=1S/C18H12F3NO2/c19-12-3-1-11(2-4-12)17-8-6-14(24-17)10-22-18(23)15-7-5-13(20)9-16(15)21/h1-9H,10H2,(H,22,23). The van der Waals surface area contributed by atoms with Crippen LogP contribution in [0.4, 0.5) is 13.2 Å². The Morgan fingerprint density at radius 1 is 0.917 bits per heavy atom.